The smallest absolute Gasteiger partial charge is 0.225 e. The second-order valence-corrected chi connectivity index (χ2v) is 11.2. The molecule has 8 nitrogen and oxygen atoms in total. The molecule has 0 bridgehead atoms. The van der Waals surface area contributed by atoms with Gasteiger partial charge in [0.05, 0.1) is 11.9 Å². The van der Waals surface area contributed by atoms with Gasteiger partial charge in [0.25, 0.3) is 0 Å². The highest BCUT2D eigenvalue weighted by Gasteiger charge is 2.24. The summed E-state index contributed by atoms with van der Waals surface area (Å²) in [4.78, 5) is 15.8. The van der Waals surface area contributed by atoms with E-state index < -0.39 is 10.0 Å². The molecule has 0 N–H and O–H groups in total. The summed E-state index contributed by atoms with van der Waals surface area (Å²) in [5.41, 5.74) is 5.26. The third-order valence-electron chi connectivity index (χ3n) is 6.81. The lowest BCUT2D eigenvalue weighted by Crippen LogP contribution is -2.39. The van der Waals surface area contributed by atoms with Crippen LogP contribution in [0.2, 0.25) is 0 Å². The van der Waals surface area contributed by atoms with Gasteiger partial charge in [0.2, 0.25) is 16.0 Å². The fraction of sp³-hybridized carbons (Fsp3) is 0.423. The first kappa shape index (κ1) is 23.7. The molecular formula is C26H31N5O3S. The molecule has 2 aliphatic heterocycles. The van der Waals surface area contributed by atoms with Crippen molar-refractivity contribution < 1.29 is 13.2 Å². The average Bonchev–Trinajstić information content (AvgIpc) is 2.88. The molecule has 0 unspecified atom stereocenters. The largest absolute Gasteiger partial charge is 0.490 e. The third-order valence-corrected chi connectivity index (χ3v) is 8.06. The molecule has 1 saturated heterocycles. The Bertz CT molecular complexity index is 1290. The third kappa shape index (κ3) is 5.46. The number of anilines is 1. The summed E-state index contributed by atoms with van der Waals surface area (Å²) in [5, 5.41) is 0. The fourth-order valence-corrected chi connectivity index (χ4v) is 5.47. The second kappa shape index (κ2) is 9.91. The predicted molar refractivity (Wildman–Crippen MR) is 136 cm³/mol. The molecule has 3 aromatic rings. The Kier molecular flexibility index (Phi) is 6.71. The van der Waals surface area contributed by atoms with Crippen molar-refractivity contribution in [1.82, 2.24) is 19.3 Å². The van der Waals surface area contributed by atoms with Crippen LogP contribution < -0.4 is 9.64 Å². The number of rotatable bonds is 6. The van der Waals surface area contributed by atoms with E-state index >= 15 is 0 Å². The zero-order valence-electron chi connectivity index (χ0n) is 20.2. The number of aromatic nitrogens is 3. The molecule has 0 saturated carbocycles. The summed E-state index contributed by atoms with van der Waals surface area (Å²) in [5.74, 6) is 1.61. The topological polar surface area (TPSA) is 88.5 Å². The van der Waals surface area contributed by atoms with Gasteiger partial charge in [-0.2, -0.15) is 4.31 Å². The van der Waals surface area contributed by atoms with Crippen LogP contribution in [0.3, 0.4) is 0 Å². The van der Waals surface area contributed by atoms with E-state index in [4.69, 9.17) is 4.74 Å². The number of fused-ring (bicyclic) bond motifs is 1. The molecule has 2 aliphatic rings. The van der Waals surface area contributed by atoms with Crippen molar-refractivity contribution in [2.45, 2.75) is 45.3 Å². The summed E-state index contributed by atoms with van der Waals surface area (Å²) in [6.07, 6.45) is 10.5. The van der Waals surface area contributed by atoms with E-state index in [9.17, 15) is 8.42 Å². The van der Waals surface area contributed by atoms with Crippen molar-refractivity contribution in [3.63, 3.8) is 0 Å². The van der Waals surface area contributed by atoms with E-state index in [1.807, 2.05) is 36.7 Å². The van der Waals surface area contributed by atoms with Gasteiger partial charge in [-0.3, -0.25) is 4.98 Å². The Balaban J connectivity index is 1.22. The molecule has 0 spiro atoms. The summed E-state index contributed by atoms with van der Waals surface area (Å²) < 4.78 is 31.6. The van der Waals surface area contributed by atoms with E-state index in [0.717, 1.165) is 66.4 Å². The van der Waals surface area contributed by atoms with Crippen molar-refractivity contribution in [2.75, 3.05) is 30.8 Å². The van der Waals surface area contributed by atoms with E-state index in [0.29, 0.717) is 19.5 Å². The van der Waals surface area contributed by atoms with Gasteiger partial charge in [-0.25, -0.2) is 18.4 Å². The van der Waals surface area contributed by atoms with Crippen LogP contribution in [0.25, 0.3) is 11.3 Å². The monoisotopic (exact) mass is 493 g/mol. The molecule has 4 heterocycles. The summed E-state index contributed by atoms with van der Waals surface area (Å²) in [7, 11) is -3.18. The van der Waals surface area contributed by atoms with Crippen LogP contribution in [0, 0.1) is 0 Å². The number of sulfonamides is 1. The van der Waals surface area contributed by atoms with Crippen LogP contribution in [0.5, 0.6) is 5.75 Å². The van der Waals surface area contributed by atoms with Crippen LogP contribution in [0.4, 0.5) is 5.95 Å². The molecule has 9 heteroatoms. The lowest BCUT2D eigenvalue weighted by molar-refractivity contribution is 0.170. The molecule has 0 aliphatic carbocycles. The lowest BCUT2D eigenvalue weighted by Gasteiger charge is -2.32. The number of hydrogen-bond acceptors (Lipinski definition) is 7. The van der Waals surface area contributed by atoms with Gasteiger partial charge in [-0.05, 0) is 41.7 Å². The highest BCUT2D eigenvalue weighted by Crippen LogP contribution is 2.29. The Hall–Kier alpha value is -3.04. The fourth-order valence-electron chi connectivity index (χ4n) is 4.67. The maximum absolute atomic E-state index is 11.9. The number of benzene rings is 1. The van der Waals surface area contributed by atoms with Gasteiger partial charge in [0.1, 0.15) is 11.9 Å². The highest BCUT2D eigenvalue weighted by molar-refractivity contribution is 7.88. The van der Waals surface area contributed by atoms with E-state index in [-0.39, 0.29) is 6.10 Å². The van der Waals surface area contributed by atoms with Gasteiger partial charge in [-0.1, -0.05) is 19.1 Å². The number of nitrogens with zero attached hydrogens (tertiary/aromatic N) is 5. The second-order valence-electron chi connectivity index (χ2n) is 9.26. The van der Waals surface area contributed by atoms with Crippen LogP contribution in [0.15, 0.2) is 48.9 Å². The van der Waals surface area contributed by atoms with Gasteiger partial charge in [0, 0.05) is 69.2 Å². The van der Waals surface area contributed by atoms with Gasteiger partial charge < -0.3 is 9.64 Å². The van der Waals surface area contributed by atoms with Crippen LogP contribution in [-0.4, -0.2) is 59.7 Å². The number of ether oxygens (including phenoxy) is 1. The Morgan fingerprint density at radius 3 is 2.49 bits per heavy atom. The standard InChI is InChI=1S/C26H31N5O3S/c1-3-19-16-28-26(29-17-19)30-11-8-23(9-12-30)34-24-6-10-27-25(15-24)21-4-5-22-18-31(35(2,32)33)13-7-20(22)14-21/h4-6,10,14-17,23H,3,7-9,11-13,18H2,1-2H3. The van der Waals surface area contributed by atoms with Gasteiger partial charge in [0.15, 0.2) is 0 Å². The van der Waals surface area contributed by atoms with E-state index in [1.54, 1.807) is 6.20 Å². The van der Waals surface area contributed by atoms with Crippen molar-refractivity contribution in [2.24, 2.45) is 0 Å². The number of piperidine rings is 1. The first-order valence-electron chi connectivity index (χ1n) is 12.1. The van der Waals surface area contributed by atoms with E-state index in [2.05, 4.69) is 32.8 Å². The number of hydrogen-bond donors (Lipinski definition) is 0. The number of pyridine rings is 1. The Morgan fingerprint density at radius 1 is 1.00 bits per heavy atom. The maximum atomic E-state index is 11.9. The predicted octanol–water partition coefficient (Wildman–Crippen LogP) is 3.47. The lowest BCUT2D eigenvalue weighted by atomic mass is 9.97. The first-order chi connectivity index (χ1) is 16.9. The Labute approximate surface area is 207 Å². The summed E-state index contributed by atoms with van der Waals surface area (Å²) >= 11 is 0. The minimum absolute atomic E-state index is 0.141. The van der Waals surface area contributed by atoms with Gasteiger partial charge >= 0.3 is 0 Å². The van der Waals surface area contributed by atoms with Crippen LogP contribution in [-0.2, 0) is 29.4 Å². The molecule has 0 amide bonds. The van der Waals surface area contributed by atoms with E-state index in [1.165, 1.54) is 16.1 Å². The molecule has 184 valence electrons. The molecule has 2 aromatic heterocycles. The molecule has 0 radical (unpaired) electrons. The molecule has 5 rings (SSSR count). The quantitative estimate of drug-likeness (QED) is 0.520. The molecule has 35 heavy (non-hydrogen) atoms. The van der Waals surface area contributed by atoms with Crippen molar-refractivity contribution in [1.29, 1.82) is 0 Å². The minimum Gasteiger partial charge on any atom is -0.490 e. The Morgan fingerprint density at radius 2 is 1.77 bits per heavy atom. The normalized spacial score (nSPS) is 17.3. The SMILES string of the molecule is CCc1cnc(N2CCC(Oc3ccnc(-c4ccc5c(c4)CCN(S(C)(=O)=O)C5)c3)CC2)nc1. The zero-order chi connectivity index (χ0) is 24.4. The highest BCUT2D eigenvalue weighted by atomic mass is 32.2. The zero-order valence-corrected chi connectivity index (χ0v) is 21.0. The molecule has 1 aromatic carbocycles. The van der Waals surface area contributed by atoms with Crippen molar-refractivity contribution in [3.8, 4) is 17.0 Å². The first-order valence-corrected chi connectivity index (χ1v) is 14.0. The van der Waals surface area contributed by atoms with Crippen LogP contribution in [0.1, 0.15) is 36.5 Å². The maximum Gasteiger partial charge on any atom is 0.225 e. The summed E-state index contributed by atoms with van der Waals surface area (Å²) in [6, 6.07) is 10.1. The average molecular weight is 494 g/mol. The molecule has 1 fully saturated rings. The van der Waals surface area contributed by atoms with Crippen molar-refractivity contribution >= 4 is 16.0 Å². The van der Waals surface area contributed by atoms with Crippen LogP contribution >= 0.6 is 0 Å². The number of aryl methyl sites for hydroxylation is 1. The molecule has 0 atom stereocenters. The molecular weight excluding hydrogens is 462 g/mol. The van der Waals surface area contributed by atoms with Gasteiger partial charge in [-0.15, -0.1) is 0 Å². The minimum atomic E-state index is -3.18. The van der Waals surface area contributed by atoms with Crippen molar-refractivity contribution in [3.05, 3.63) is 65.6 Å². The summed E-state index contributed by atoms with van der Waals surface area (Å²) in [6.45, 7) is 4.77.